The van der Waals surface area contributed by atoms with Gasteiger partial charge in [-0.2, -0.15) is 0 Å². The minimum atomic E-state index is 0.198. The highest BCUT2D eigenvalue weighted by atomic mass is 16.5. The van der Waals surface area contributed by atoms with E-state index >= 15 is 0 Å². The van der Waals surface area contributed by atoms with E-state index in [1.165, 1.54) is 0 Å². The molecule has 0 N–H and O–H groups in total. The van der Waals surface area contributed by atoms with Crippen LogP contribution >= 0.6 is 0 Å². The lowest BCUT2D eigenvalue weighted by Gasteiger charge is -2.30. The van der Waals surface area contributed by atoms with Crippen molar-refractivity contribution in [2.75, 3.05) is 39.4 Å². The zero-order valence-electron chi connectivity index (χ0n) is 15.9. The summed E-state index contributed by atoms with van der Waals surface area (Å²) < 4.78 is 7.40. The van der Waals surface area contributed by atoms with Gasteiger partial charge in [-0.15, -0.1) is 0 Å². The van der Waals surface area contributed by atoms with Gasteiger partial charge in [-0.3, -0.25) is 14.3 Å². The molecule has 7 heteroatoms. The van der Waals surface area contributed by atoms with Crippen molar-refractivity contribution < 1.29 is 9.53 Å². The van der Waals surface area contributed by atoms with Gasteiger partial charge in [0.1, 0.15) is 11.6 Å². The van der Waals surface area contributed by atoms with Crippen molar-refractivity contribution >= 4 is 5.91 Å². The van der Waals surface area contributed by atoms with Gasteiger partial charge in [0.25, 0.3) is 0 Å². The molecule has 0 saturated carbocycles. The summed E-state index contributed by atoms with van der Waals surface area (Å²) in [6, 6.07) is 6.34. The van der Waals surface area contributed by atoms with E-state index in [0.29, 0.717) is 32.8 Å². The number of aromatic nitrogens is 3. The van der Waals surface area contributed by atoms with Crippen LogP contribution in [-0.2, 0) is 16.0 Å². The molecule has 2 aliphatic rings. The maximum absolute atomic E-state index is 12.7. The molecule has 0 aliphatic carbocycles. The number of hydrogen-bond donors (Lipinski definition) is 0. The lowest BCUT2D eigenvalue weighted by molar-refractivity contribution is -0.136. The molecule has 2 aliphatic heterocycles. The van der Waals surface area contributed by atoms with E-state index in [1.807, 2.05) is 27.9 Å². The fraction of sp³-hybridized carbons (Fsp3) is 0.550. The van der Waals surface area contributed by atoms with Crippen LogP contribution in [0.4, 0.5) is 0 Å². The number of likely N-dealkylation sites (tertiary alicyclic amines) is 1. The SMILES string of the molecule is CCc1nccn1-c1cccc([C@H]2CCCN2CC(=O)N2CCOCC2)n1. The van der Waals surface area contributed by atoms with Crippen molar-refractivity contribution in [3.8, 4) is 5.82 Å². The second kappa shape index (κ2) is 8.19. The van der Waals surface area contributed by atoms with Crippen LogP contribution < -0.4 is 0 Å². The number of rotatable bonds is 5. The van der Waals surface area contributed by atoms with E-state index in [0.717, 1.165) is 43.1 Å². The van der Waals surface area contributed by atoms with Crippen molar-refractivity contribution in [3.63, 3.8) is 0 Å². The molecule has 2 saturated heterocycles. The van der Waals surface area contributed by atoms with Gasteiger partial charge in [-0.25, -0.2) is 9.97 Å². The molecule has 2 fully saturated rings. The van der Waals surface area contributed by atoms with Crippen molar-refractivity contribution in [1.29, 1.82) is 0 Å². The third kappa shape index (κ3) is 3.89. The minimum Gasteiger partial charge on any atom is -0.378 e. The second-order valence-corrected chi connectivity index (χ2v) is 7.11. The van der Waals surface area contributed by atoms with Crippen LogP contribution in [0, 0.1) is 0 Å². The molecule has 2 aromatic heterocycles. The fourth-order valence-electron chi connectivity index (χ4n) is 4.00. The first-order valence-corrected chi connectivity index (χ1v) is 9.85. The van der Waals surface area contributed by atoms with E-state index in [2.05, 4.69) is 28.9 Å². The van der Waals surface area contributed by atoms with E-state index < -0.39 is 0 Å². The molecule has 2 aromatic rings. The predicted octanol–water partition coefficient (Wildman–Crippen LogP) is 1.83. The fourth-order valence-corrected chi connectivity index (χ4v) is 4.00. The lowest BCUT2D eigenvalue weighted by Crippen LogP contribution is -2.45. The van der Waals surface area contributed by atoms with Gasteiger partial charge in [0, 0.05) is 31.9 Å². The number of hydrogen-bond acceptors (Lipinski definition) is 5. The van der Waals surface area contributed by atoms with E-state index in [-0.39, 0.29) is 11.9 Å². The maximum atomic E-state index is 12.7. The van der Waals surface area contributed by atoms with Crippen LogP contribution in [0.2, 0.25) is 0 Å². The van der Waals surface area contributed by atoms with Crippen molar-refractivity contribution in [1.82, 2.24) is 24.3 Å². The van der Waals surface area contributed by atoms with Crippen LogP contribution in [0.15, 0.2) is 30.6 Å². The summed E-state index contributed by atoms with van der Waals surface area (Å²) in [5, 5.41) is 0. The number of amides is 1. The first-order valence-electron chi connectivity index (χ1n) is 9.85. The van der Waals surface area contributed by atoms with E-state index in [4.69, 9.17) is 9.72 Å². The van der Waals surface area contributed by atoms with Crippen LogP contribution in [0.25, 0.3) is 5.82 Å². The Balaban J connectivity index is 1.50. The molecule has 27 heavy (non-hydrogen) atoms. The van der Waals surface area contributed by atoms with Gasteiger partial charge in [-0.1, -0.05) is 13.0 Å². The number of pyridine rings is 1. The highest BCUT2D eigenvalue weighted by molar-refractivity contribution is 5.78. The van der Waals surface area contributed by atoms with Gasteiger partial charge >= 0.3 is 0 Å². The molecule has 4 rings (SSSR count). The van der Waals surface area contributed by atoms with Crippen molar-refractivity contribution in [3.05, 3.63) is 42.1 Å². The Kier molecular flexibility index (Phi) is 5.50. The van der Waals surface area contributed by atoms with Gasteiger partial charge in [0.15, 0.2) is 0 Å². The van der Waals surface area contributed by atoms with Gasteiger partial charge in [0.2, 0.25) is 5.91 Å². The Labute approximate surface area is 160 Å². The lowest BCUT2D eigenvalue weighted by atomic mass is 10.1. The Morgan fingerprint density at radius 3 is 2.93 bits per heavy atom. The molecule has 1 amide bonds. The average molecular weight is 369 g/mol. The third-order valence-corrected chi connectivity index (χ3v) is 5.44. The summed E-state index contributed by atoms with van der Waals surface area (Å²) in [7, 11) is 0. The quantitative estimate of drug-likeness (QED) is 0.805. The number of ether oxygens (including phenoxy) is 1. The number of carbonyl (C=O) groups excluding carboxylic acids is 1. The zero-order valence-corrected chi connectivity index (χ0v) is 15.9. The molecule has 0 unspecified atom stereocenters. The Morgan fingerprint density at radius 1 is 1.26 bits per heavy atom. The monoisotopic (exact) mass is 369 g/mol. The molecule has 144 valence electrons. The summed E-state index contributed by atoms with van der Waals surface area (Å²) in [5.41, 5.74) is 1.04. The first kappa shape index (κ1) is 18.1. The summed E-state index contributed by atoms with van der Waals surface area (Å²) in [6.07, 6.45) is 6.77. The molecular formula is C20H27N5O2. The van der Waals surface area contributed by atoms with Crippen molar-refractivity contribution in [2.24, 2.45) is 0 Å². The van der Waals surface area contributed by atoms with Crippen molar-refractivity contribution in [2.45, 2.75) is 32.2 Å². The highest BCUT2D eigenvalue weighted by Crippen LogP contribution is 2.31. The van der Waals surface area contributed by atoms with Crippen LogP contribution in [0.1, 0.15) is 37.3 Å². The topological polar surface area (TPSA) is 63.5 Å². The second-order valence-electron chi connectivity index (χ2n) is 7.11. The van der Waals surface area contributed by atoms with Gasteiger partial charge in [-0.05, 0) is 31.5 Å². The maximum Gasteiger partial charge on any atom is 0.236 e. The van der Waals surface area contributed by atoms with E-state index in [9.17, 15) is 4.79 Å². The predicted molar refractivity (Wildman–Crippen MR) is 102 cm³/mol. The van der Waals surface area contributed by atoms with E-state index in [1.54, 1.807) is 0 Å². The molecule has 0 spiro atoms. The Morgan fingerprint density at radius 2 is 2.11 bits per heavy atom. The first-order chi connectivity index (χ1) is 13.3. The van der Waals surface area contributed by atoms with Gasteiger partial charge in [0.05, 0.1) is 31.5 Å². The third-order valence-electron chi connectivity index (χ3n) is 5.44. The smallest absolute Gasteiger partial charge is 0.236 e. The summed E-state index contributed by atoms with van der Waals surface area (Å²) in [6.45, 7) is 6.18. The summed E-state index contributed by atoms with van der Waals surface area (Å²) in [4.78, 5) is 26.2. The number of imidazole rings is 1. The average Bonchev–Trinajstić information content (AvgIpc) is 3.38. The molecule has 1 atom stereocenters. The Bertz CT molecular complexity index is 784. The summed E-state index contributed by atoms with van der Waals surface area (Å²) in [5.74, 6) is 2.10. The highest BCUT2D eigenvalue weighted by Gasteiger charge is 2.30. The minimum absolute atomic E-state index is 0.198. The normalized spacial score (nSPS) is 20.9. The Hall–Kier alpha value is -2.25. The van der Waals surface area contributed by atoms with Crippen LogP contribution in [0.3, 0.4) is 0 Å². The molecule has 7 nitrogen and oxygen atoms in total. The summed E-state index contributed by atoms with van der Waals surface area (Å²) >= 11 is 0. The molecule has 0 aromatic carbocycles. The van der Waals surface area contributed by atoms with Crippen LogP contribution in [0.5, 0.6) is 0 Å². The standard InChI is InChI=1S/C20H27N5O2/c1-2-18-21-8-10-25(18)19-7-3-5-16(22-19)17-6-4-9-24(17)15-20(26)23-11-13-27-14-12-23/h3,5,7-8,10,17H,2,4,6,9,11-15H2,1H3/t17-/m1/s1. The molecule has 0 radical (unpaired) electrons. The number of morpholine rings is 1. The van der Waals surface area contributed by atoms with Crippen LogP contribution in [-0.4, -0.2) is 69.6 Å². The molecular weight excluding hydrogens is 342 g/mol. The number of aryl methyl sites for hydroxylation is 1. The molecule has 4 heterocycles. The molecule has 0 bridgehead atoms. The zero-order chi connectivity index (χ0) is 18.6. The van der Waals surface area contributed by atoms with Gasteiger partial charge < -0.3 is 9.64 Å². The largest absolute Gasteiger partial charge is 0.378 e. The number of nitrogens with zero attached hydrogens (tertiary/aromatic N) is 5. The number of carbonyl (C=O) groups is 1.